The van der Waals surface area contributed by atoms with Crippen molar-refractivity contribution in [3.63, 3.8) is 0 Å². The minimum Gasteiger partial charge on any atom is -0.321 e. The maximum atomic E-state index is 11.7. The summed E-state index contributed by atoms with van der Waals surface area (Å²) in [6, 6.07) is 1.87. The lowest BCUT2D eigenvalue weighted by molar-refractivity contribution is -0.119. The molecule has 1 rings (SSSR count). The molecule has 4 nitrogen and oxygen atoms in total. The summed E-state index contributed by atoms with van der Waals surface area (Å²) in [5.74, 6) is 0.0795. The molecule has 1 atom stereocenters. The Balaban J connectivity index is 2.56. The Morgan fingerprint density at radius 3 is 2.75 bits per heavy atom. The normalized spacial score (nSPS) is 13.1. The van der Waals surface area contributed by atoms with Gasteiger partial charge in [0.25, 0.3) is 0 Å². The van der Waals surface area contributed by atoms with Crippen LogP contribution in [0.15, 0.2) is 12.3 Å². The number of nitrogens with zero attached hydrogens (tertiary/aromatic N) is 2. The van der Waals surface area contributed by atoms with Gasteiger partial charge in [-0.05, 0) is 26.3 Å². The lowest BCUT2D eigenvalue weighted by Gasteiger charge is -2.07. The summed E-state index contributed by atoms with van der Waals surface area (Å²) in [6.45, 7) is 6.14. The molecule has 0 saturated heterocycles. The van der Waals surface area contributed by atoms with Crippen molar-refractivity contribution in [2.75, 3.05) is 0 Å². The predicted molar refractivity (Wildman–Crippen MR) is 64.2 cm³/mol. The molecule has 0 amide bonds. The number of rotatable bonds is 6. The van der Waals surface area contributed by atoms with Crippen molar-refractivity contribution in [2.24, 2.45) is 5.73 Å². The van der Waals surface area contributed by atoms with Crippen LogP contribution < -0.4 is 5.73 Å². The first-order valence-corrected chi connectivity index (χ1v) is 5.87. The summed E-state index contributed by atoms with van der Waals surface area (Å²) in [5.41, 5.74) is 6.57. The average molecular weight is 223 g/mol. The summed E-state index contributed by atoms with van der Waals surface area (Å²) in [6.07, 6.45) is 3.94. The predicted octanol–water partition coefficient (Wildman–Crippen LogP) is 1.70. The first-order valence-electron chi connectivity index (χ1n) is 5.87. The summed E-state index contributed by atoms with van der Waals surface area (Å²) >= 11 is 0. The quantitative estimate of drug-likeness (QED) is 0.798. The Morgan fingerprint density at radius 2 is 2.25 bits per heavy atom. The molecule has 0 aromatic carbocycles. The molecule has 90 valence electrons. The second kappa shape index (κ2) is 5.80. The molecule has 0 aliphatic rings. The Hall–Kier alpha value is -1.16. The van der Waals surface area contributed by atoms with E-state index in [1.54, 1.807) is 0 Å². The third-order valence-electron chi connectivity index (χ3n) is 2.56. The molecule has 2 N–H and O–H groups in total. The Bertz CT molecular complexity index is 344. The van der Waals surface area contributed by atoms with E-state index >= 15 is 0 Å². The van der Waals surface area contributed by atoms with Crippen molar-refractivity contribution in [1.29, 1.82) is 0 Å². The van der Waals surface area contributed by atoms with Gasteiger partial charge in [0.15, 0.2) is 5.78 Å². The van der Waals surface area contributed by atoms with Gasteiger partial charge in [-0.25, -0.2) is 0 Å². The maximum Gasteiger partial charge on any atom is 0.155 e. The summed E-state index contributed by atoms with van der Waals surface area (Å²) < 4.78 is 1.86. The molecule has 0 bridgehead atoms. The highest BCUT2D eigenvalue weighted by molar-refractivity contribution is 5.85. The Labute approximate surface area is 96.8 Å². The van der Waals surface area contributed by atoms with E-state index in [9.17, 15) is 4.79 Å². The highest BCUT2D eigenvalue weighted by Crippen LogP contribution is 2.06. The highest BCUT2D eigenvalue weighted by Gasteiger charge is 2.14. The molecular weight excluding hydrogens is 202 g/mol. The third kappa shape index (κ3) is 3.45. The molecule has 0 radical (unpaired) electrons. The Kier molecular flexibility index (Phi) is 4.68. The van der Waals surface area contributed by atoms with Crippen LogP contribution in [0.25, 0.3) is 0 Å². The standard InChI is InChI=1S/C12H21N3O/c1-4-5-11(13)12(16)8-10-6-7-15(14-10)9(2)3/h6-7,9,11H,4-5,8,13H2,1-3H3. The van der Waals surface area contributed by atoms with E-state index in [1.807, 2.05) is 23.9 Å². The summed E-state index contributed by atoms with van der Waals surface area (Å²) in [7, 11) is 0. The van der Waals surface area contributed by atoms with Crippen LogP contribution in [0.1, 0.15) is 45.3 Å². The van der Waals surface area contributed by atoms with E-state index in [-0.39, 0.29) is 11.8 Å². The smallest absolute Gasteiger partial charge is 0.155 e. The van der Waals surface area contributed by atoms with Crippen LogP contribution in [-0.2, 0) is 11.2 Å². The number of carbonyl (C=O) groups is 1. The summed E-state index contributed by atoms with van der Waals surface area (Å²) in [4.78, 5) is 11.7. The first-order chi connectivity index (χ1) is 7.54. The van der Waals surface area contributed by atoms with Crippen LogP contribution in [0.4, 0.5) is 0 Å². The molecular formula is C12H21N3O. The molecule has 0 aliphatic carbocycles. The first kappa shape index (κ1) is 12.9. The van der Waals surface area contributed by atoms with Crippen molar-refractivity contribution in [2.45, 2.75) is 52.1 Å². The van der Waals surface area contributed by atoms with Gasteiger partial charge in [0, 0.05) is 12.2 Å². The second-order valence-electron chi connectivity index (χ2n) is 4.42. The molecule has 1 heterocycles. The van der Waals surface area contributed by atoms with E-state index in [4.69, 9.17) is 5.73 Å². The van der Waals surface area contributed by atoms with E-state index in [0.717, 1.165) is 18.5 Å². The van der Waals surface area contributed by atoms with E-state index in [2.05, 4.69) is 18.9 Å². The topological polar surface area (TPSA) is 60.9 Å². The maximum absolute atomic E-state index is 11.7. The minimum atomic E-state index is -0.339. The van der Waals surface area contributed by atoms with Crippen LogP contribution in [0.5, 0.6) is 0 Å². The monoisotopic (exact) mass is 223 g/mol. The van der Waals surface area contributed by atoms with Crippen molar-refractivity contribution in [1.82, 2.24) is 9.78 Å². The van der Waals surface area contributed by atoms with Gasteiger partial charge in [0.05, 0.1) is 18.2 Å². The number of ketones is 1. The number of Topliss-reactive ketones (excluding diaryl/α,β-unsaturated/α-hetero) is 1. The molecule has 4 heteroatoms. The molecule has 0 aliphatic heterocycles. The molecule has 16 heavy (non-hydrogen) atoms. The van der Waals surface area contributed by atoms with Crippen molar-refractivity contribution in [3.05, 3.63) is 18.0 Å². The molecule has 1 aromatic rings. The third-order valence-corrected chi connectivity index (χ3v) is 2.56. The zero-order valence-electron chi connectivity index (χ0n) is 10.3. The molecule has 1 unspecified atom stereocenters. The van der Waals surface area contributed by atoms with Crippen molar-refractivity contribution < 1.29 is 4.79 Å². The van der Waals surface area contributed by atoms with E-state index < -0.39 is 0 Å². The Morgan fingerprint density at radius 1 is 1.56 bits per heavy atom. The minimum absolute atomic E-state index is 0.0795. The number of hydrogen-bond acceptors (Lipinski definition) is 3. The molecule has 0 fully saturated rings. The lowest BCUT2D eigenvalue weighted by atomic mass is 10.0. The van der Waals surface area contributed by atoms with Crippen LogP contribution in [-0.4, -0.2) is 21.6 Å². The average Bonchev–Trinajstić information content (AvgIpc) is 2.66. The largest absolute Gasteiger partial charge is 0.321 e. The number of carbonyl (C=O) groups excluding carboxylic acids is 1. The van der Waals surface area contributed by atoms with E-state index in [1.165, 1.54) is 0 Å². The van der Waals surface area contributed by atoms with Gasteiger partial charge in [0.2, 0.25) is 0 Å². The second-order valence-corrected chi connectivity index (χ2v) is 4.42. The van der Waals surface area contributed by atoms with Gasteiger partial charge in [-0.1, -0.05) is 13.3 Å². The van der Waals surface area contributed by atoms with Gasteiger partial charge < -0.3 is 5.73 Å². The van der Waals surface area contributed by atoms with Crippen molar-refractivity contribution >= 4 is 5.78 Å². The van der Waals surface area contributed by atoms with Gasteiger partial charge in [-0.15, -0.1) is 0 Å². The van der Waals surface area contributed by atoms with Gasteiger partial charge in [-0.2, -0.15) is 5.10 Å². The number of hydrogen-bond donors (Lipinski definition) is 1. The van der Waals surface area contributed by atoms with Gasteiger partial charge in [-0.3, -0.25) is 9.48 Å². The highest BCUT2D eigenvalue weighted by atomic mass is 16.1. The van der Waals surface area contributed by atoms with Crippen LogP contribution >= 0.6 is 0 Å². The van der Waals surface area contributed by atoms with E-state index in [0.29, 0.717) is 12.5 Å². The molecule has 0 saturated carbocycles. The SMILES string of the molecule is CCCC(N)C(=O)Cc1ccn(C(C)C)n1. The molecule has 0 spiro atoms. The summed E-state index contributed by atoms with van der Waals surface area (Å²) in [5, 5.41) is 4.33. The fourth-order valence-electron chi connectivity index (χ4n) is 1.54. The van der Waals surface area contributed by atoms with Gasteiger partial charge in [0.1, 0.15) is 0 Å². The molecule has 1 aromatic heterocycles. The van der Waals surface area contributed by atoms with Crippen LogP contribution in [0.3, 0.4) is 0 Å². The number of nitrogens with two attached hydrogens (primary N) is 1. The van der Waals surface area contributed by atoms with Gasteiger partial charge >= 0.3 is 0 Å². The zero-order valence-corrected chi connectivity index (χ0v) is 10.3. The van der Waals surface area contributed by atoms with Crippen LogP contribution in [0, 0.1) is 0 Å². The van der Waals surface area contributed by atoms with Crippen molar-refractivity contribution in [3.8, 4) is 0 Å². The van der Waals surface area contributed by atoms with Crippen LogP contribution in [0.2, 0.25) is 0 Å². The zero-order chi connectivity index (χ0) is 12.1. The fraction of sp³-hybridized carbons (Fsp3) is 0.667. The fourth-order valence-corrected chi connectivity index (χ4v) is 1.54. The number of aromatic nitrogens is 2. The lowest BCUT2D eigenvalue weighted by Crippen LogP contribution is -2.31.